The second kappa shape index (κ2) is 8.77. The largest absolute Gasteiger partial charge is 0.397 e. The molecule has 0 bridgehead atoms. The highest BCUT2D eigenvalue weighted by molar-refractivity contribution is 6.33. The summed E-state index contributed by atoms with van der Waals surface area (Å²) in [6.07, 6.45) is 4.50. The molecule has 0 spiro atoms. The first kappa shape index (κ1) is 22.4. The Morgan fingerprint density at radius 2 is 2.06 bits per heavy atom. The van der Waals surface area contributed by atoms with Crippen molar-refractivity contribution in [1.82, 2.24) is 19.4 Å². The van der Waals surface area contributed by atoms with E-state index in [4.69, 9.17) is 17.3 Å². The molecule has 1 fully saturated rings. The minimum atomic E-state index is -0.291. The highest BCUT2D eigenvalue weighted by atomic mass is 35.5. The second-order valence-corrected chi connectivity index (χ2v) is 9.34. The molecule has 0 radical (unpaired) electrons. The fourth-order valence-electron chi connectivity index (χ4n) is 4.66. The lowest BCUT2D eigenvalue weighted by molar-refractivity contribution is 0.315. The Morgan fingerprint density at radius 3 is 2.79 bits per heavy atom. The summed E-state index contributed by atoms with van der Waals surface area (Å²) < 4.78 is 16.1. The molecule has 1 saturated heterocycles. The minimum absolute atomic E-state index is 0.291. The number of rotatable bonds is 5. The van der Waals surface area contributed by atoms with Gasteiger partial charge in [0, 0.05) is 49.0 Å². The normalized spacial score (nSPS) is 16.1. The van der Waals surface area contributed by atoms with Gasteiger partial charge in [0.1, 0.15) is 5.82 Å². The second-order valence-electron chi connectivity index (χ2n) is 8.93. The number of anilines is 4. The van der Waals surface area contributed by atoms with Crippen LogP contribution in [0.4, 0.5) is 27.4 Å². The van der Waals surface area contributed by atoms with E-state index in [9.17, 15) is 4.39 Å². The molecule has 0 amide bonds. The van der Waals surface area contributed by atoms with E-state index >= 15 is 0 Å². The molecule has 9 heteroatoms. The van der Waals surface area contributed by atoms with E-state index in [1.807, 2.05) is 30.5 Å². The summed E-state index contributed by atoms with van der Waals surface area (Å²) >= 11 is 6.45. The average Bonchev–Trinajstić information content (AvgIpc) is 3.41. The number of hydrogen-bond donors (Lipinski definition) is 2. The molecule has 34 heavy (non-hydrogen) atoms. The van der Waals surface area contributed by atoms with E-state index in [0.717, 1.165) is 41.8 Å². The molecule has 5 rings (SSSR count). The van der Waals surface area contributed by atoms with Crippen LogP contribution in [-0.2, 0) is 7.05 Å². The summed E-state index contributed by atoms with van der Waals surface area (Å²) in [5.74, 6) is 0.0917. The van der Waals surface area contributed by atoms with Gasteiger partial charge in [-0.15, -0.1) is 0 Å². The molecule has 3 heterocycles. The van der Waals surface area contributed by atoms with Crippen LogP contribution in [0.3, 0.4) is 0 Å². The van der Waals surface area contributed by atoms with Crippen LogP contribution in [0.1, 0.15) is 6.42 Å². The topological polar surface area (TPSA) is 75.2 Å². The van der Waals surface area contributed by atoms with Gasteiger partial charge in [0.05, 0.1) is 33.8 Å². The third-order valence-corrected chi connectivity index (χ3v) is 6.75. The molecule has 1 atom stereocenters. The van der Waals surface area contributed by atoms with E-state index < -0.39 is 0 Å². The lowest BCUT2D eigenvalue weighted by Gasteiger charge is -2.23. The maximum atomic E-state index is 14.4. The van der Waals surface area contributed by atoms with E-state index in [2.05, 4.69) is 39.2 Å². The summed E-state index contributed by atoms with van der Waals surface area (Å²) in [6, 6.07) is 11.4. The van der Waals surface area contributed by atoms with Gasteiger partial charge in [-0.25, -0.2) is 14.4 Å². The third kappa shape index (κ3) is 4.03. The fourth-order valence-corrected chi connectivity index (χ4v) is 4.85. The Balaban J connectivity index is 1.42. The van der Waals surface area contributed by atoms with Crippen molar-refractivity contribution < 1.29 is 4.39 Å². The van der Waals surface area contributed by atoms with Crippen molar-refractivity contribution >= 4 is 45.5 Å². The van der Waals surface area contributed by atoms with Crippen molar-refractivity contribution in [3.63, 3.8) is 0 Å². The first-order valence-corrected chi connectivity index (χ1v) is 11.5. The molecule has 2 aromatic carbocycles. The summed E-state index contributed by atoms with van der Waals surface area (Å²) in [4.78, 5) is 13.5. The highest BCUT2D eigenvalue weighted by Crippen LogP contribution is 2.35. The standard InChI is InChI=1S/C25H27ClFN7/c1-32(2)16-9-10-34(13-16)22-8-7-15(11-21(22)28)30-25-29-12-19(26)23(31-25)18-14-33(3)24-17(18)5-4-6-20(24)27/h4-8,11-12,14,16H,9-10,13,28H2,1-3H3,(H,29,30,31). The van der Waals surface area contributed by atoms with Crippen LogP contribution < -0.4 is 16.0 Å². The van der Waals surface area contributed by atoms with Crippen molar-refractivity contribution in [3.05, 3.63) is 59.6 Å². The van der Waals surface area contributed by atoms with Crippen LogP contribution in [0.5, 0.6) is 0 Å². The number of fused-ring (bicyclic) bond motifs is 1. The third-order valence-electron chi connectivity index (χ3n) is 6.47. The molecule has 0 aliphatic carbocycles. The Bertz CT molecular complexity index is 1370. The molecule has 0 saturated carbocycles. The molecule has 2 aromatic heterocycles. The van der Waals surface area contributed by atoms with Gasteiger partial charge >= 0.3 is 0 Å². The molecule has 1 aliphatic heterocycles. The first-order valence-electron chi connectivity index (χ1n) is 11.2. The van der Waals surface area contributed by atoms with Gasteiger partial charge in [-0.1, -0.05) is 23.7 Å². The van der Waals surface area contributed by atoms with Crippen LogP contribution in [0.2, 0.25) is 5.02 Å². The number of likely N-dealkylation sites (N-methyl/N-ethyl adjacent to an activating group) is 1. The molecule has 176 valence electrons. The predicted octanol–water partition coefficient (Wildman–Crippen LogP) is 4.89. The number of hydrogen-bond acceptors (Lipinski definition) is 6. The quantitative estimate of drug-likeness (QED) is 0.397. The van der Waals surface area contributed by atoms with Crippen LogP contribution in [0.15, 0.2) is 48.8 Å². The van der Waals surface area contributed by atoms with Crippen molar-refractivity contribution in [2.45, 2.75) is 12.5 Å². The van der Waals surface area contributed by atoms with Gasteiger partial charge in [-0.05, 0) is 44.8 Å². The van der Waals surface area contributed by atoms with Crippen molar-refractivity contribution in [2.75, 3.05) is 43.1 Å². The van der Waals surface area contributed by atoms with Crippen molar-refractivity contribution in [3.8, 4) is 11.3 Å². The number of aromatic nitrogens is 3. The SMILES string of the molecule is CN(C)C1CCN(c2ccc(Nc3ncc(Cl)c(-c4cn(C)c5c(F)cccc45)n3)cc2N)C1. The zero-order valence-electron chi connectivity index (χ0n) is 19.4. The van der Waals surface area contributed by atoms with Crippen LogP contribution in [-0.4, -0.2) is 52.7 Å². The van der Waals surface area contributed by atoms with E-state index in [-0.39, 0.29) is 5.82 Å². The zero-order chi connectivity index (χ0) is 24.0. The Labute approximate surface area is 203 Å². The van der Waals surface area contributed by atoms with Gasteiger partial charge in [-0.2, -0.15) is 0 Å². The average molecular weight is 480 g/mol. The number of para-hydroxylation sites is 1. The lowest BCUT2D eigenvalue weighted by atomic mass is 10.1. The van der Waals surface area contributed by atoms with Crippen LogP contribution >= 0.6 is 11.6 Å². The van der Waals surface area contributed by atoms with Crippen molar-refractivity contribution in [1.29, 1.82) is 0 Å². The number of aryl methyl sites for hydroxylation is 1. The van der Waals surface area contributed by atoms with Gasteiger partial charge < -0.3 is 25.4 Å². The molecule has 1 aliphatic rings. The lowest BCUT2D eigenvalue weighted by Crippen LogP contribution is -2.31. The number of nitrogens with two attached hydrogens (primary N) is 1. The van der Waals surface area contributed by atoms with Gasteiger partial charge in [0.15, 0.2) is 0 Å². The Kier molecular flexibility index (Phi) is 5.79. The number of benzene rings is 2. The summed E-state index contributed by atoms with van der Waals surface area (Å²) in [7, 11) is 6.02. The molecule has 3 N–H and O–H groups in total. The monoisotopic (exact) mass is 479 g/mol. The van der Waals surface area contributed by atoms with Gasteiger partial charge in [0.25, 0.3) is 0 Å². The zero-order valence-corrected chi connectivity index (χ0v) is 20.1. The molecular formula is C25H27ClFN7. The van der Waals surface area contributed by atoms with Crippen molar-refractivity contribution in [2.24, 2.45) is 7.05 Å². The number of nitrogens with zero attached hydrogens (tertiary/aromatic N) is 5. The maximum Gasteiger partial charge on any atom is 0.227 e. The van der Waals surface area contributed by atoms with E-state index in [0.29, 0.717) is 33.9 Å². The molecular weight excluding hydrogens is 453 g/mol. The number of nitrogens with one attached hydrogen (secondary N) is 1. The van der Waals surface area contributed by atoms with Crippen LogP contribution in [0, 0.1) is 5.82 Å². The smallest absolute Gasteiger partial charge is 0.227 e. The Morgan fingerprint density at radius 1 is 1.24 bits per heavy atom. The fraction of sp³-hybridized carbons (Fsp3) is 0.280. The summed E-state index contributed by atoms with van der Waals surface area (Å²) in [6.45, 7) is 1.94. The van der Waals surface area contributed by atoms with E-state index in [1.54, 1.807) is 23.9 Å². The highest BCUT2D eigenvalue weighted by Gasteiger charge is 2.25. The molecule has 4 aromatic rings. The molecule has 1 unspecified atom stereocenters. The summed E-state index contributed by atoms with van der Waals surface area (Å²) in [5, 5.41) is 4.36. The summed E-state index contributed by atoms with van der Waals surface area (Å²) in [5.41, 5.74) is 10.7. The van der Waals surface area contributed by atoms with E-state index in [1.165, 1.54) is 6.07 Å². The Hall–Kier alpha value is -3.36. The minimum Gasteiger partial charge on any atom is -0.397 e. The maximum absolute atomic E-state index is 14.4. The van der Waals surface area contributed by atoms with Crippen LogP contribution in [0.25, 0.3) is 22.2 Å². The predicted molar refractivity (Wildman–Crippen MR) is 137 cm³/mol. The first-order chi connectivity index (χ1) is 16.3. The van der Waals surface area contributed by atoms with Gasteiger partial charge in [0.2, 0.25) is 5.95 Å². The molecule has 7 nitrogen and oxygen atoms in total. The number of halogens is 2. The van der Waals surface area contributed by atoms with Gasteiger partial charge in [-0.3, -0.25) is 0 Å². The number of nitrogen functional groups attached to an aromatic ring is 1.